The van der Waals surface area contributed by atoms with Crippen LogP contribution in [0.2, 0.25) is 0 Å². The standard InChI is InChI=1S/C16H17F2N3O5S/c17-10-1-2-12(13(18)7-10)14-8-11(21-26-14)9-19-16(15(22)20-23)3-5-27(24,25)6-4-16/h1-2,7-8,19,23H,3-6,9H2,(H,20,22). The molecule has 11 heteroatoms. The minimum atomic E-state index is -3.23. The van der Waals surface area contributed by atoms with Gasteiger partial charge >= 0.3 is 0 Å². The number of halogens is 2. The Bertz CT molecular complexity index is 947. The Hall–Kier alpha value is -2.37. The first kappa shape index (κ1) is 19.4. The molecule has 0 aliphatic carbocycles. The number of nitrogens with zero attached hydrogens (tertiary/aromatic N) is 1. The van der Waals surface area contributed by atoms with Crippen molar-refractivity contribution >= 4 is 15.7 Å². The molecule has 1 aliphatic heterocycles. The fourth-order valence-corrected chi connectivity index (χ4v) is 4.47. The van der Waals surface area contributed by atoms with Gasteiger partial charge in [0, 0.05) is 18.7 Å². The van der Waals surface area contributed by atoms with E-state index in [1.165, 1.54) is 12.1 Å². The van der Waals surface area contributed by atoms with Gasteiger partial charge in [0.05, 0.1) is 22.8 Å². The molecule has 0 bridgehead atoms. The van der Waals surface area contributed by atoms with Crippen molar-refractivity contribution in [3.8, 4) is 11.3 Å². The molecule has 2 heterocycles. The third-order valence-corrected chi connectivity index (χ3v) is 6.23. The zero-order valence-corrected chi connectivity index (χ0v) is 14.9. The number of hydroxylamine groups is 1. The second kappa shape index (κ2) is 7.33. The fourth-order valence-electron chi connectivity index (χ4n) is 2.95. The lowest BCUT2D eigenvalue weighted by Crippen LogP contribution is -2.59. The van der Waals surface area contributed by atoms with E-state index in [9.17, 15) is 22.0 Å². The van der Waals surface area contributed by atoms with Crippen LogP contribution in [0.1, 0.15) is 18.5 Å². The number of sulfone groups is 1. The summed E-state index contributed by atoms with van der Waals surface area (Å²) >= 11 is 0. The largest absolute Gasteiger partial charge is 0.356 e. The molecule has 0 atom stereocenters. The van der Waals surface area contributed by atoms with Crippen LogP contribution in [0, 0.1) is 11.6 Å². The fraction of sp³-hybridized carbons (Fsp3) is 0.375. The third-order valence-electron chi connectivity index (χ3n) is 4.58. The summed E-state index contributed by atoms with van der Waals surface area (Å²) in [5.74, 6) is -2.58. The summed E-state index contributed by atoms with van der Waals surface area (Å²) in [5.41, 5.74) is 0.636. The summed E-state index contributed by atoms with van der Waals surface area (Å²) < 4.78 is 55.2. The minimum Gasteiger partial charge on any atom is -0.356 e. The molecule has 146 valence electrons. The lowest BCUT2D eigenvalue weighted by molar-refractivity contribution is -0.136. The van der Waals surface area contributed by atoms with Gasteiger partial charge in [-0.2, -0.15) is 0 Å². The van der Waals surface area contributed by atoms with E-state index in [0.29, 0.717) is 5.69 Å². The first-order valence-electron chi connectivity index (χ1n) is 8.06. The Morgan fingerprint density at radius 3 is 2.59 bits per heavy atom. The molecule has 0 spiro atoms. The van der Waals surface area contributed by atoms with Crippen LogP contribution in [-0.2, 0) is 21.2 Å². The topological polar surface area (TPSA) is 122 Å². The Morgan fingerprint density at radius 1 is 1.26 bits per heavy atom. The van der Waals surface area contributed by atoms with Crippen LogP contribution in [0.25, 0.3) is 11.3 Å². The highest BCUT2D eigenvalue weighted by molar-refractivity contribution is 7.91. The number of hydrogen-bond donors (Lipinski definition) is 3. The van der Waals surface area contributed by atoms with E-state index < -0.39 is 32.9 Å². The van der Waals surface area contributed by atoms with Gasteiger partial charge in [-0.05, 0) is 25.0 Å². The smallest absolute Gasteiger partial charge is 0.263 e. The van der Waals surface area contributed by atoms with E-state index in [1.807, 2.05) is 0 Å². The number of amides is 1. The first-order chi connectivity index (χ1) is 12.7. The zero-order chi connectivity index (χ0) is 19.7. The number of benzene rings is 1. The molecule has 3 N–H and O–H groups in total. The van der Waals surface area contributed by atoms with Gasteiger partial charge in [-0.1, -0.05) is 5.16 Å². The number of carbonyl (C=O) groups is 1. The highest BCUT2D eigenvalue weighted by Gasteiger charge is 2.43. The average Bonchev–Trinajstić information content (AvgIpc) is 3.09. The van der Waals surface area contributed by atoms with Crippen LogP contribution in [0.4, 0.5) is 8.78 Å². The average molecular weight is 401 g/mol. The predicted molar refractivity (Wildman–Crippen MR) is 89.2 cm³/mol. The van der Waals surface area contributed by atoms with E-state index in [0.717, 1.165) is 12.1 Å². The SMILES string of the molecule is O=C(NO)C1(NCc2cc(-c3ccc(F)cc3F)on2)CCS(=O)(=O)CC1. The van der Waals surface area contributed by atoms with Crippen molar-refractivity contribution < 1.29 is 31.7 Å². The Morgan fingerprint density at radius 2 is 1.96 bits per heavy atom. The summed E-state index contributed by atoms with van der Waals surface area (Å²) in [6.45, 7) is 0.0137. The summed E-state index contributed by atoms with van der Waals surface area (Å²) in [6, 6.07) is 4.45. The molecule has 3 rings (SSSR count). The van der Waals surface area contributed by atoms with Crippen molar-refractivity contribution in [1.29, 1.82) is 0 Å². The highest BCUT2D eigenvalue weighted by Crippen LogP contribution is 2.27. The molecule has 1 saturated heterocycles. The molecule has 0 saturated carbocycles. The third kappa shape index (κ3) is 4.15. The van der Waals surface area contributed by atoms with Crippen LogP contribution >= 0.6 is 0 Å². The molecule has 1 aromatic heterocycles. The minimum absolute atomic E-state index is 0.0137. The Balaban J connectivity index is 1.75. The molecule has 2 aromatic rings. The Kier molecular flexibility index (Phi) is 5.27. The van der Waals surface area contributed by atoms with Gasteiger partial charge in [0.1, 0.15) is 27.0 Å². The first-order valence-corrected chi connectivity index (χ1v) is 9.88. The summed E-state index contributed by atoms with van der Waals surface area (Å²) in [6.07, 6.45) is -0.0297. The van der Waals surface area contributed by atoms with Gasteiger partial charge in [-0.3, -0.25) is 15.3 Å². The molecule has 27 heavy (non-hydrogen) atoms. The number of nitrogens with one attached hydrogen (secondary N) is 2. The maximum atomic E-state index is 13.8. The van der Waals surface area contributed by atoms with Gasteiger partial charge in [0.2, 0.25) is 0 Å². The van der Waals surface area contributed by atoms with E-state index in [4.69, 9.17) is 9.73 Å². The highest BCUT2D eigenvalue weighted by atomic mass is 32.2. The van der Waals surface area contributed by atoms with E-state index in [-0.39, 0.29) is 42.2 Å². The quantitative estimate of drug-likeness (QED) is 0.508. The van der Waals surface area contributed by atoms with Crippen LogP contribution < -0.4 is 10.8 Å². The maximum absolute atomic E-state index is 13.8. The molecule has 1 aliphatic rings. The number of carbonyl (C=O) groups excluding carboxylic acids is 1. The van der Waals surface area contributed by atoms with Gasteiger partial charge in [-0.25, -0.2) is 22.7 Å². The zero-order valence-electron chi connectivity index (χ0n) is 14.0. The Labute approximate surface area is 153 Å². The molecular weight excluding hydrogens is 384 g/mol. The summed E-state index contributed by atoms with van der Waals surface area (Å²) in [5, 5.41) is 15.7. The normalized spacial score (nSPS) is 18.2. The van der Waals surface area contributed by atoms with Crippen molar-refractivity contribution in [2.45, 2.75) is 24.9 Å². The maximum Gasteiger partial charge on any atom is 0.263 e. The van der Waals surface area contributed by atoms with E-state index in [2.05, 4.69) is 10.5 Å². The van der Waals surface area contributed by atoms with Crippen molar-refractivity contribution in [2.75, 3.05) is 11.5 Å². The predicted octanol–water partition coefficient (Wildman–Crippen LogP) is 1.16. The second-order valence-corrected chi connectivity index (χ2v) is 8.64. The molecule has 1 amide bonds. The van der Waals surface area contributed by atoms with Crippen molar-refractivity contribution in [3.63, 3.8) is 0 Å². The number of aromatic nitrogens is 1. The van der Waals surface area contributed by atoms with Gasteiger partial charge in [0.25, 0.3) is 5.91 Å². The van der Waals surface area contributed by atoms with Crippen LogP contribution in [0.3, 0.4) is 0 Å². The van der Waals surface area contributed by atoms with Gasteiger partial charge < -0.3 is 4.52 Å². The monoisotopic (exact) mass is 401 g/mol. The molecule has 1 aromatic carbocycles. The van der Waals surface area contributed by atoms with E-state index in [1.54, 1.807) is 5.48 Å². The molecule has 8 nitrogen and oxygen atoms in total. The number of rotatable bonds is 5. The lowest BCUT2D eigenvalue weighted by Gasteiger charge is -2.35. The van der Waals surface area contributed by atoms with Crippen molar-refractivity contribution in [2.24, 2.45) is 0 Å². The molecule has 1 fully saturated rings. The van der Waals surface area contributed by atoms with Crippen molar-refractivity contribution in [1.82, 2.24) is 16.0 Å². The van der Waals surface area contributed by atoms with E-state index >= 15 is 0 Å². The van der Waals surface area contributed by atoms with Crippen LogP contribution in [0.15, 0.2) is 28.8 Å². The van der Waals surface area contributed by atoms with Crippen LogP contribution in [0.5, 0.6) is 0 Å². The van der Waals surface area contributed by atoms with Gasteiger partial charge in [-0.15, -0.1) is 0 Å². The number of hydrogen-bond acceptors (Lipinski definition) is 7. The van der Waals surface area contributed by atoms with Gasteiger partial charge in [0.15, 0.2) is 5.76 Å². The summed E-state index contributed by atoms with van der Waals surface area (Å²) in [4.78, 5) is 12.1. The summed E-state index contributed by atoms with van der Waals surface area (Å²) in [7, 11) is -3.23. The second-order valence-electron chi connectivity index (χ2n) is 6.34. The van der Waals surface area contributed by atoms with Crippen molar-refractivity contribution in [3.05, 3.63) is 41.6 Å². The van der Waals surface area contributed by atoms with Crippen LogP contribution in [-0.4, -0.2) is 41.7 Å². The lowest BCUT2D eigenvalue weighted by atomic mass is 9.91. The molecule has 0 radical (unpaired) electrons. The molecular formula is C16H17F2N3O5S. The molecule has 0 unspecified atom stereocenters.